The molecule has 0 aromatic carbocycles. The van der Waals surface area contributed by atoms with Gasteiger partial charge in [-0.2, -0.15) is 0 Å². The molecular weight excluding hydrogens is 286 g/mol. The third-order valence-electron chi connectivity index (χ3n) is 3.62. The lowest BCUT2D eigenvalue weighted by Gasteiger charge is -2.25. The van der Waals surface area contributed by atoms with Crippen LogP contribution in [-0.2, 0) is 14.8 Å². The molecule has 0 aromatic rings. The zero-order chi connectivity index (χ0) is 14.8. The lowest BCUT2D eigenvalue weighted by atomic mass is 9.89. The number of sulfonamides is 1. The molecule has 1 saturated heterocycles. The second-order valence-electron chi connectivity index (χ2n) is 5.07. The van der Waals surface area contributed by atoms with Gasteiger partial charge in [0.2, 0.25) is 15.9 Å². The zero-order valence-corrected chi connectivity index (χ0v) is 13.1. The summed E-state index contributed by atoms with van der Waals surface area (Å²) in [4.78, 5) is 11.8. The first kappa shape index (κ1) is 16.3. The average molecular weight is 307 g/mol. The normalized spacial score (nSPS) is 26.1. The Balaban J connectivity index is 2.95. The van der Waals surface area contributed by atoms with Gasteiger partial charge in [0.25, 0.3) is 0 Å². The minimum Gasteiger partial charge on any atom is -0.392 e. The fourth-order valence-electron chi connectivity index (χ4n) is 2.36. The fourth-order valence-corrected chi connectivity index (χ4v) is 4.78. The summed E-state index contributed by atoms with van der Waals surface area (Å²) < 4.78 is 26.2. The predicted molar refractivity (Wildman–Crippen MR) is 78.1 cm³/mol. The van der Waals surface area contributed by atoms with Gasteiger partial charge in [-0.15, -0.1) is 0 Å². The molecule has 1 aliphatic rings. The number of rotatable bonds is 5. The highest BCUT2D eigenvalue weighted by molar-refractivity contribution is 7.92. The summed E-state index contributed by atoms with van der Waals surface area (Å²) in [7, 11) is -2.03. The van der Waals surface area contributed by atoms with Gasteiger partial charge in [-0.3, -0.25) is 4.79 Å². The molecule has 0 aliphatic carbocycles. The zero-order valence-electron chi connectivity index (χ0n) is 11.5. The van der Waals surface area contributed by atoms with Crippen molar-refractivity contribution in [3.63, 3.8) is 0 Å². The molecule has 0 aromatic heterocycles. The maximum Gasteiger partial charge on any atom is 0.227 e. The minimum absolute atomic E-state index is 0.0175. The van der Waals surface area contributed by atoms with Crippen LogP contribution in [0.25, 0.3) is 0 Å². The molecule has 2 atom stereocenters. The number of thiocarbonyl (C=S) groups is 1. The molecule has 2 unspecified atom stereocenters. The lowest BCUT2D eigenvalue weighted by molar-refractivity contribution is -0.128. The maximum atomic E-state index is 12.4. The van der Waals surface area contributed by atoms with Crippen LogP contribution in [-0.4, -0.2) is 49.0 Å². The highest BCUT2D eigenvalue weighted by Crippen LogP contribution is 2.33. The van der Waals surface area contributed by atoms with E-state index >= 15 is 0 Å². The fraction of sp³-hybridized carbons (Fsp3) is 0.818. The molecule has 0 saturated carbocycles. The van der Waals surface area contributed by atoms with Crippen molar-refractivity contribution >= 4 is 33.1 Å². The van der Waals surface area contributed by atoms with E-state index < -0.39 is 20.7 Å². The van der Waals surface area contributed by atoms with Crippen LogP contribution in [0, 0.1) is 5.41 Å². The lowest BCUT2D eigenvalue weighted by Crippen LogP contribution is -2.45. The Hall–Kier alpha value is -0.730. The quantitative estimate of drug-likeness (QED) is 0.689. The number of carbonyl (C=O) groups excluding carboxylic acids is 1. The van der Waals surface area contributed by atoms with Crippen molar-refractivity contribution in [2.75, 3.05) is 20.1 Å². The van der Waals surface area contributed by atoms with Gasteiger partial charge in [0.1, 0.15) is 5.25 Å². The Morgan fingerprint density at radius 1 is 1.58 bits per heavy atom. The van der Waals surface area contributed by atoms with E-state index in [1.165, 1.54) is 4.31 Å². The molecular formula is C11H21N3O3S2. The van der Waals surface area contributed by atoms with Crippen molar-refractivity contribution in [3.05, 3.63) is 0 Å². The molecule has 0 radical (unpaired) electrons. The van der Waals surface area contributed by atoms with Crippen molar-refractivity contribution < 1.29 is 13.2 Å². The molecule has 6 nitrogen and oxygen atoms in total. The van der Waals surface area contributed by atoms with Gasteiger partial charge < -0.3 is 11.1 Å². The molecule has 3 N–H and O–H groups in total. The van der Waals surface area contributed by atoms with Gasteiger partial charge in [-0.25, -0.2) is 12.7 Å². The summed E-state index contributed by atoms with van der Waals surface area (Å²) in [5.41, 5.74) is 4.82. The Morgan fingerprint density at radius 2 is 2.16 bits per heavy atom. The van der Waals surface area contributed by atoms with Crippen LogP contribution in [0.15, 0.2) is 0 Å². The van der Waals surface area contributed by atoms with Gasteiger partial charge in [0, 0.05) is 20.1 Å². The highest BCUT2D eigenvalue weighted by atomic mass is 32.2. The Kier molecular flexibility index (Phi) is 4.91. The molecule has 1 heterocycles. The van der Waals surface area contributed by atoms with Crippen molar-refractivity contribution in [1.82, 2.24) is 9.62 Å². The van der Waals surface area contributed by atoms with Gasteiger partial charge in [0.15, 0.2) is 0 Å². The minimum atomic E-state index is -3.58. The smallest absolute Gasteiger partial charge is 0.227 e. The standard InChI is InChI=1S/C11H21N3O3S2/c1-4-8(9(12)18)19(16,17)14-6-5-11(2,7-14)10(15)13-3/h8H,4-7H2,1-3H3,(H2,12,18)(H,13,15). The molecule has 19 heavy (non-hydrogen) atoms. The number of hydrogen-bond donors (Lipinski definition) is 2. The molecule has 1 amide bonds. The van der Waals surface area contributed by atoms with Crippen LogP contribution in [0.5, 0.6) is 0 Å². The van der Waals surface area contributed by atoms with E-state index in [9.17, 15) is 13.2 Å². The third kappa shape index (κ3) is 3.06. The maximum absolute atomic E-state index is 12.4. The van der Waals surface area contributed by atoms with E-state index in [2.05, 4.69) is 5.32 Å². The van der Waals surface area contributed by atoms with E-state index in [1.54, 1.807) is 20.9 Å². The molecule has 8 heteroatoms. The summed E-state index contributed by atoms with van der Waals surface area (Å²) in [6.07, 6.45) is 0.838. The molecule has 0 spiro atoms. The molecule has 1 rings (SSSR count). The first-order valence-corrected chi connectivity index (χ1v) is 8.10. The van der Waals surface area contributed by atoms with E-state index in [0.29, 0.717) is 19.4 Å². The number of nitrogens with one attached hydrogen (secondary N) is 1. The largest absolute Gasteiger partial charge is 0.392 e. The van der Waals surface area contributed by atoms with E-state index in [1.807, 2.05) is 0 Å². The Morgan fingerprint density at radius 3 is 2.58 bits per heavy atom. The summed E-state index contributed by atoms with van der Waals surface area (Å²) in [6, 6.07) is 0. The van der Waals surface area contributed by atoms with E-state index in [4.69, 9.17) is 18.0 Å². The van der Waals surface area contributed by atoms with Crippen molar-refractivity contribution in [2.24, 2.45) is 11.1 Å². The van der Waals surface area contributed by atoms with E-state index in [-0.39, 0.29) is 17.4 Å². The Labute approximate surface area is 119 Å². The summed E-state index contributed by atoms with van der Waals surface area (Å²) in [5.74, 6) is -0.145. The van der Waals surface area contributed by atoms with Gasteiger partial charge >= 0.3 is 0 Å². The summed E-state index contributed by atoms with van der Waals surface area (Å²) >= 11 is 4.82. The van der Waals surface area contributed by atoms with Crippen molar-refractivity contribution in [1.29, 1.82) is 0 Å². The topological polar surface area (TPSA) is 92.5 Å². The number of carbonyl (C=O) groups is 1. The van der Waals surface area contributed by atoms with Crippen LogP contribution >= 0.6 is 12.2 Å². The number of nitrogens with zero attached hydrogens (tertiary/aromatic N) is 1. The number of hydrogen-bond acceptors (Lipinski definition) is 4. The summed E-state index contributed by atoms with van der Waals surface area (Å²) in [6.45, 7) is 4.00. The van der Waals surface area contributed by atoms with Crippen molar-refractivity contribution in [3.8, 4) is 0 Å². The second-order valence-corrected chi connectivity index (χ2v) is 7.65. The third-order valence-corrected chi connectivity index (χ3v) is 6.39. The van der Waals surface area contributed by atoms with Crippen LogP contribution in [0.4, 0.5) is 0 Å². The first-order chi connectivity index (χ1) is 8.69. The van der Waals surface area contributed by atoms with Gasteiger partial charge in [-0.1, -0.05) is 19.1 Å². The van der Waals surface area contributed by atoms with Crippen LogP contribution in [0.2, 0.25) is 0 Å². The average Bonchev–Trinajstić information content (AvgIpc) is 2.73. The Bertz CT molecular complexity index is 478. The second kappa shape index (κ2) is 5.72. The molecule has 1 aliphatic heterocycles. The SMILES string of the molecule is CCC(C(N)=S)S(=O)(=O)N1CCC(C)(C(=O)NC)C1. The number of nitrogens with two attached hydrogens (primary N) is 1. The first-order valence-electron chi connectivity index (χ1n) is 6.19. The van der Waals surface area contributed by atoms with Crippen LogP contribution < -0.4 is 11.1 Å². The van der Waals surface area contributed by atoms with Gasteiger partial charge in [0.05, 0.1) is 10.4 Å². The van der Waals surface area contributed by atoms with Crippen molar-refractivity contribution in [2.45, 2.75) is 31.9 Å². The van der Waals surface area contributed by atoms with Gasteiger partial charge in [-0.05, 0) is 19.8 Å². The molecule has 0 bridgehead atoms. The molecule has 110 valence electrons. The molecule has 1 fully saturated rings. The summed E-state index contributed by atoms with van der Waals surface area (Å²) in [5, 5.41) is 1.72. The van der Waals surface area contributed by atoms with Crippen LogP contribution in [0.1, 0.15) is 26.7 Å². The monoisotopic (exact) mass is 307 g/mol. The predicted octanol–water partition coefficient (Wildman–Crippen LogP) is -0.161. The van der Waals surface area contributed by atoms with Crippen LogP contribution in [0.3, 0.4) is 0 Å². The van der Waals surface area contributed by atoms with E-state index in [0.717, 1.165) is 0 Å². The highest BCUT2D eigenvalue weighted by Gasteiger charge is 2.46. The number of amides is 1.